The maximum absolute atomic E-state index is 12.3. The smallest absolute Gasteiger partial charge is 0.251 e. The van der Waals surface area contributed by atoms with Crippen LogP contribution >= 0.6 is 11.6 Å². The number of ether oxygens (including phenoxy) is 1. The van der Waals surface area contributed by atoms with Crippen LogP contribution in [-0.4, -0.2) is 11.6 Å². The molecule has 2 aromatic rings. The third-order valence-corrected chi connectivity index (χ3v) is 5.30. The van der Waals surface area contributed by atoms with Crippen LogP contribution in [0.5, 0.6) is 5.75 Å². The summed E-state index contributed by atoms with van der Waals surface area (Å²) < 4.78 is 5.55. The lowest BCUT2D eigenvalue weighted by molar-refractivity contribution is 0.340. The molecule has 3 nitrogen and oxygen atoms in total. The fourth-order valence-corrected chi connectivity index (χ4v) is 3.82. The molecule has 1 heterocycles. The lowest BCUT2D eigenvalue weighted by Crippen LogP contribution is -2.13. The summed E-state index contributed by atoms with van der Waals surface area (Å²) in [5, 5.41) is 0.592. The number of nitrogens with one attached hydrogen (secondary N) is 1. The molecule has 0 unspecified atom stereocenters. The Morgan fingerprint density at radius 3 is 2.62 bits per heavy atom. The number of hydrogen-bond acceptors (Lipinski definition) is 2. The monoisotopic (exact) mass is 371 g/mol. The Kier molecular flexibility index (Phi) is 6.20. The van der Waals surface area contributed by atoms with Crippen LogP contribution in [0.3, 0.4) is 0 Å². The van der Waals surface area contributed by atoms with Gasteiger partial charge in [-0.25, -0.2) is 0 Å². The Hall–Kier alpha value is -2.00. The fraction of sp³-hybridized carbons (Fsp3) is 0.409. The van der Waals surface area contributed by atoms with Crippen molar-refractivity contribution in [1.29, 1.82) is 0 Å². The van der Waals surface area contributed by atoms with Gasteiger partial charge in [0.15, 0.2) is 0 Å². The molecular weight excluding hydrogens is 346 g/mol. The summed E-state index contributed by atoms with van der Waals surface area (Å²) in [4.78, 5) is 15.4. The summed E-state index contributed by atoms with van der Waals surface area (Å²) >= 11 is 6.41. The Balaban J connectivity index is 2.05. The Labute approximate surface area is 160 Å². The molecule has 1 fully saturated rings. The summed E-state index contributed by atoms with van der Waals surface area (Å²) in [6, 6.07) is 9.78. The molecule has 0 spiro atoms. The first-order chi connectivity index (χ1) is 12.6. The highest BCUT2D eigenvalue weighted by Crippen LogP contribution is 2.34. The van der Waals surface area contributed by atoms with E-state index in [-0.39, 0.29) is 5.56 Å². The summed E-state index contributed by atoms with van der Waals surface area (Å²) in [6.45, 7) is 4.51. The maximum Gasteiger partial charge on any atom is 0.251 e. The zero-order valence-electron chi connectivity index (χ0n) is 15.5. The van der Waals surface area contributed by atoms with Crippen molar-refractivity contribution in [2.75, 3.05) is 6.61 Å². The second kappa shape index (κ2) is 8.59. The third-order valence-electron chi connectivity index (χ3n) is 5.01. The Bertz CT molecular complexity index is 847. The number of allylic oxidation sites excluding steroid dienone is 1. The summed E-state index contributed by atoms with van der Waals surface area (Å²) in [7, 11) is 0. The molecule has 1 N–H and O–H groups in total. The maximum atomic E-state index is 12.3. The van der Waals surface area contributed by atoms with E-state index in [0.717, 1.165) is 28.8 Å². The van der Waals surface area contributed by atoms with E-state index in [0.29, 0.717) is 23.3 Å². The quantitative estimate of drug-likeness (QED) is 0.716. The van der Waals surface area contributed by atoms with Crippen LogP contribution in [0.4, 0.5) is 0 Å². The van der Waals surface area contributed by atoms with E-state index in [1.54, 1.807) is 0 Å². The molecule has 1 aliphatic rings. The first-order valence-corrected chi connectivity index (χ1v) is 9.87. The minimum atomic E-state index is -0.0145. The predicted octanol–water partition coefficient (Wildman–Crippen LogP) is 5.61. The summed E-state index contributed by atoms with van der Waals surface area (Å²) in [6.07, 6.45) is 7.96. The second-order valence-corrected chi connectivity index (χ2v) is 7.19. The summed E-state index contributed by atoms with van der Waals surface area (Å²) in [5.74, 6) is 1.23. The van der Waals surface area contributed by atoms with E-state index in [4.69, 9.17) is 16.3 Å². The lowest BCUT2D eigenvalue weighted by Gasteiger charge is -2.14. The van der Waals surface area contributed by atoms with Gasteiger partial charge >= 0.3 is 0 Å². The lowest BCUT2D eigenvalue weighted by atomic mass is 9.95. The van der Waals surface area contributed by atoms with Crippen LogP contribution in [0.2, 0.25) is 5.02 Å². The van der Waals surface area contributed by atoms with Crippen molar-refractivity contribution in [2.24, 2.45) is 5.92 Å². The molecule has 138 valence electrons. The van der Waals surface area contributed by atoms with E-state index in [1.807, 2.05) is 44.2 Å². The van der Waals surface area contributed by atoms with Crippen LogP contribution in [0.1, 0.15) is 56.4 Å². The number of aryl methyl sites for hydroxylation is 1. The number of aromatic nitrogens is 1. The molecule has 0 atom stereocenters. The van der Waals surface area contributed by atoms with Crippen LogP contribution < -0.4 is 10.3 Å². The molecular formula is C22H26ClNO2. The minimum Gasteiger partial charge on any atom is -0.492 e. The minimum absolute atomic E-state index is 0.0145. The molecule has 1 aromatic heterocycles. The van der Waals surface area contributed by atoms with Crippen LogP contribution in [0, 0.1) is 5.92 Å². The van der Waals surface area contributed by atoms with Crippen molar-refractivity contribution in [3.05, 3.63) is 68.6 Å². The average molecular weight is 372 g/mol. The standard InChI is InChI=1S/C22H26ClNO2/c1-3-16-9-11-20(24-22(16)25)18(13-15-7-5-6-8-15)17-10-12-21(26-4-2)19(23)14-17/h9-15H,3-8H2,1-2H3,(H,24,25). The van der Waals surface area contributed by atoms with E-state index >= 15 is 0 Å². The molecule has 0 bridgehead atoms. The highest BCUT2D eigenvalue weighted by Gasteiger charge is 2.17. The molecule has 0 aliphatic heterocycles. The van der Waals surface area contributed by atoms with Crippen LogP contribution in [-0.2, 0) is 6.42 Å². The highest BCUT2D eigenvalue weighted by atomic mass is 35.5. The predicted molar refractivity (Wildman–Crippen MR) is 108 cm³/mol. The normalized spacial score (nSPS) is 15.4. The Morgan fingerprint density at radius 1 is 1.23 bits per heavy atom. The molecule has 1 aromatic carbocycles. The van der Waals surface area contributed by atoms with Crippen LogP contribution in [0.15, 0.2) is 41.2 Å². The van der Waals surface area contributed by atoms with Gasteiger partial charge in [-0.05, 0) is 55.9 Å². The number of H-pyrrole nitrogens is 1. The first kappa shape index (κ1) is 18.8. The Morgan fingerprint density at radius 2 is 2.00 bits per heavy atom. The first-order valence-electron chi connectivity index (χ1n) is 9.49. The van der Waals surface area contributed by atoms with Crippen molar-refractivity contribution in [2.45, 2.75) is 46.0 Å². The van der Waals surface area contributed by atoms with Gasteiger partial charge in [0.1, 0.15) is 5.75 Å². The number of aromatic amines is 1. The van der Waals surface area contributed by atoms with Gasteiger partial charge < -0.3 is 9.72 Å². The van der Waals surface area contributed by atoms with Crippen molar-refractivity contribution in [1.82, 2.24) is 4.98 Å². The van der Waals surface area contributed by atoms with E-state index in [2.05, 4.69) is 11.1 Å². The van der Waals surface area contributed by atoms with Crippen molar-refractivity contribution in [3.8, 4) is 5.75 Å². The van der Waals surface area contributed by atoms with Gasteiger partial charge in [0.2, 0.25) is 0 Å². The average Bonchev–Trinajstić information content (AvgIpc) is 3.15. The van der Waals surface area contributed by atoms with Gasteiger partial charge in [0.25, 0.3) is 5.56 Å². The summed E-state index contributed by atoms with van der Waals surface area (Å²) in [5.41, 5.74) is 3.68. The largest absolute Gasteiger partial charge is 0.492 e. The number of pyridine rings is 1. The SMILES string of the molecule is CCOc1ccc(C(=CC2CCCC2)c2ccc(CC)c(=O)[nH]2)cc1Cl. The molecule has 3 rings (SSSR count). The third kappa shape index (κ3) is 4.21. The number of benzene rings is 1. The molecule has 4 heteroatoms. The zero-order chi connectivity index (χ0) is 18.5. The number of rotatable bonds is 6. The van der Waals surface area contributed by atoms with Gasteiger partial charge in [-0.3, -0.25) is 4.79 Å². The van der Waals surface area contributed by atoms with Crippen molar-refractivity contribution < 1.29 is 4.74 Å². The van der Waals surface area contributed by atoms with Gasteiger partial charge in [-0.15, -0.1) is 0 Å². The van der Waals surface area contributed by atoms with Crippen molar-refractivity contribution >= 4 is 17.2 Å². The van der Waals surface area contributed by atoms with E-state index in [1.165, 1.54) is 25.7 Å². The second-order valence-electron chi connectivity index (χ2n) is 6.78. The molecule has 1 saturated carbocycles. The fourth-order valence-electron chi connectivity index (χ4n) is 3.58. The zero-order valence-corrected chi connectivity index (χ0v) is 16.2. The van der Waals surface area contributed by atoms with Gasteiger partial charge in [0.05, 0.1) is 11.6 Å². The molecule has 1 aliphatic carbocycles. The number of hydrogen-bond donors (Lipinski definition) is 1. The van der Waals surface area contributed by atoms with Gasteiger partial charge in [0, 0.05) is 16.8 Å². The molecule has 0 radical (unpaired) electrons. The van der Waals surface area contributed by atoms with Crippen LogP contribution in [0.25, 0.3) is 5.57 Å². The topological polar surface area (TPSA) is 42.1 Å². The van der Waals surface area contributed by atoms with Gasteiger partial charge in [-0.2, -0.15) is 0 Å². The van der Waals surface area contributed by atoms with Gasteiger partial charge in [-0.1, -0.05) is 49.6 Å². The van der Waals surface area contributed by atoms with E-state index in [9.17, 15) is 4.79 Å². The molecule has 0 saturated heterocycles. The number of halogens is 1. The molecule has 26 heavy (non-hydrogen) atoms. The van der Waals surface area contributed by atoms with E-state index < -0.39 is 0 Å². The highest BCUT2D eigenvalue weighted by molar-refractivity contribution is 6.32. The van der Waals surface area contributed by atoms with Crippen molar-refractivity contribution in [3.63, 3.8) is 0 Å². The molecule has 0 amide bonds.